The van der Waals surface area contributed by atoms with Crippen molar-refractivity contribution in [3.05, 3.63) is 58.9 Å². The molecule has 0 bridgehead atoms. The van der Waals surface area contributed by atoms with E-state index in [1.807, 2.05) is 19.1 Å². The van der Waals surface area contributed by atoms with Crippen LogP contribution in [0.5, 0.6) is 11.5 Å². The van der Waals surface area contributed by atoms with Crippen LogP contribution in [0.3, 0.4) is 0 Å². The van der Waals surface area contributed by atoms with E-state index in [1.165, 1.54) is 12.7 Å². The van der Waals surface area contributed by atoms with Crippen molar-refractivity contribution in [1.29, 1.82) is 0 Å². The summed E-state index contributed by atoms with van der Waals surface area (Å²) in [5.74, 6) is 1.73. The Bertz CT molecular complexity index is 911. The number of aliphatic imine (C=N–C) groups is 1. The van der Waals surface area contributed by atoms with Crippen LogP contribution in [0, 0.1) is 12.7 Å². The molecule has 1 fully saturated rings. The fraction of sp³-hybridized carbons (Fsp3) is 0.480. The molecule has 2 N–H and O–H groups in total. The molecule has 1 aliphatic rings. The van der Waals surface area contributed by atoms with Gasteiger partial charge in [0.15, 0.2) is 17.5 Å². The zero-order chi connectivity index (χ0) is 22.9. The normalized spacial score (nSPS) is 15.5. The molecule has 6 nitrogen and oxygen atoms in total. The first-order chi connectivity index (χ1) is 15.5. The summed E-state index contributed by atoms with van der Waals surface area (Å²) in [4.78, 5) is 6.74. The smallest absolute Gasteiger partial charge is 0.191 e. The molecule has 0 atom stereocenters. The van der Waals surface area contributed by atoms with Gasteiger partial charge in [0.05, 0.1) is 13.7 Å². The molecule has 2 aromatic carbocycles. The molecule has 0 saturated carbocycles. The standard InChI is InChI=1S/C25H35FN4O2/c1-5-32-23-8-6-19(14-18(23)2)16-28-25(27-3)29-21-10-12-30(13-11-21)17-20-7-9-24(31-4)22(26)15-20/h6-9,14-15,21H,5,10-13,16-17H2,1-4H3,(H2,27,28,29). The number of aryl methyl sites for hydroxylation is 1. The molecule has 1 heterocycles. The Kier molecular flexibility index (Phi) is 8.73. The summed E-state index contributed by atoms with van der Waals surface area (Å²) in [7, 11) is 3.28. The number of piperidine rings is 1. The number of benzene rings is 2. The monoisotopic (exact) mass is 442 g/mol. The SMILES string of the molecule is CCOc1ccc(CNC(=NC)NC2CCN(Cc3ccc(OC)c(F)c3)CC2)cc1C. The minimum Gasteiger partial charge on any atom is -0.494 e. The zero-order valence-corrected chi connectivity index (χ0v) is 19.6. The van der Waals surface area contributed by atoms with Crippen LogP contribution >= 0.6 is 0 Å². The predicted octanol–water partition coefficient (Wildman–Crippen LogP) is 3.87. The van der Waals surface area contributed by atoms with Gasteiger partial charge in [0.25, 0.3) is 0 Å². The van der Waals surface area contributed by atoms with E-state index in [0.29, 0.717) is 19.2 Å². The number of guanidine groups is 1. The fourth-order valence-electron chi connectivity index (χ4n) is 4.01. The summed E-state index contributed by atoms with van der Waals surface area (Å²) in [6.07, 6.45) is 2.03. The number of nitrogens with zero attached hydrogens (tertiary/aromatic N) is 2. The largest absolute Gasteiger partial charge is 0.494 e. The minimum absolute atomic E-state index is 0.288. The summed E-state index contributed by atoms with van der Waals surface area (Å²) in [6, 6.07) is 11.8. The van der Waals surface area contributed by atoms with Gasteiger partial charge < -0.3 is 20.1 Å². The molecule has 0 aromatic heterocycles. The second-order valence-electron chi connectivity index (χ2n) is 8.12. The number of hydrogen-bond acceptors (Lipinski definition) is 4. The van der Waals surface area contributed by atoms with Crippen LogP contribution < -0.4 is 20.1 Å². The molecule has 32 heavy (non-hydrogen) atoms. The topological polar surface area (TPSA) is 58.1 Å². The van der Waals surface area contributed by atoms with Gasteiger partial charge in [-0.3, -0.25) is 9.89 Å². The first kappa shape index (κ1) is 23.9. The van der Waals surface area contributed by atoms with E-state index in [4.69, 9.17) is 9.47 Å². The van der Waals surface area contributed by atoms with Crippen LogP contribution in [0.2, 0.25) is 0 Å². The van der Waals surface area contributed by atoms with E-state index in [2.05, 4.69) is 39.6 Å². The predicted molar refractivity (Wildman–Crippen MR) is 127 cm³/mol. The van der Waals surface area contributed by atoms with Gasteiger partial charge in [-0.25, -0.2) is 4.39 Å². The highest BCUT2D eigenvalue weighted by atomic mass is 19.1. The lowest BCUT2D eigenvalue weighted by molar-refractivity contribution is 0.198. The van der Waals surface area contributed by atoms with Gasteiger partial charge in [0, 0.05) is 39.3 Å². The fourth-order valence-corrected chi connectivity index (χ4v) is 4.01. The maximum atomic E-state index is 13.9. The van der Waals surface area contributed by atoms with Crippen LogP contribution in [0.15, 0.2) is 41.4 Å². The summed E-state index contributed by atoms with van der Waals surface area (Å²) in [6.45, 7) is 8.10. The molecular weight excluding hydrogens is 407 g/mol. The second-order valence-corrected chi connectivity index (χ2v) is 8.12. The number of ether oxygens (including phenoxy) is 2. The van der Waals surface area contributed by atoms with Gasteiger partial charge in [-0.15, -0.1) is 0 Å². The van der Waals surface area contributed by atoms with Crippen molar-refractivity contribution in [2.75, 3.05) is 33.9 Å². The number of nitrogens with one attached hydrogen (secondary N) is 2. The average molecular weight is 443 g/mol. The summed E-state index contributed by atoms with van der Waals surface area (Å²) in [5.41, 5.74) is 3.30. The Balaban J connectivity index is 1.44. The first-order valence-electron chi connectivity index (χ1n) is 11.3. The molecule has 0 spiro atoms. The number of likely N-dealkylation sites (tertiary alicyclic amines) is 1. The van der Waals surface area contributed by atoms with Gasteiger partial charge in [-0.05, 0) is 61.6 Å². The Morgan fingerprint density at radius 2 is 1.84 bits per heavy atom. The van der Waals surface area contributed by atoms with E-state index in [9.17, 15) is 4.39 Å². The molecule has 7 heteroatoms. The lowest BCUT2D eigenvalue weighted by Gasteiger charge is -2.33. The maximum absolute atomic E-state index is 13.9. The summed E-state index contributed by atoms with van der Waals surface area (Å²) in [5, 5.41) is 6.95. The summed E-state index contributed by atoms with van der Waals surface area (Å²) >= 11 is 0. The lowest BCUT2D eigenvalue weighted by Crippen LogP contribution is -2.48. The van der Waals surface area contributed by atoms with Gasteiger partial charge in [-0.2, -0.15) is 0 Å². The van der Waals surface area contributed by atoms with E-state index in [-0.39, 0.29) is 11.6 Å². The third-order valence-electron chi connectivity index (χ3n) is 5.77. The zero-order valence-electron chi connectivity index (χ0n) is 19.6. The van der Waals surface area contributed by atoms with Crippen molar-refractivity contribution in [2.45, 2.75) is 45.8 Å². The van der Waals surface area contributed by atoms with Crippen molar-refractivity contribution in [3.63, 3.8) is 0 Å². The van der Waals surface area contributed by atoms with Crippen molar-refractivity contribution in [1.82, 2.24) is 15.5 Å². The molecule has 174 valence electrons. The molecular formula is C25H35FN4O2. The van der Waals surface area contributed by atoms with Gasteiger partial charge in [0.1, 0.15) is 5.75 Å². The van der Waals surface area contributed by atoms with Gasteiger partial charge in [-0.1, -0.05) is 18.2 Å². The highest BCUT2D eigenvalue weighted by molar-refractivity contribution is 5.80. The van der Waals surface area contributed by atoms with E-state index in [0.717, 1.165) is 55.3 Å². The minimum atomic E-state index is -0.306. The van der Waals surface area contributed by atoms with Crippen LogP contribution in [-0.2, 0) is 13.1 Å². The Labute approximate surface area is 190 Å². The molecule has 0 amide bonds. The highest BCUT2D eigenvalue weighted by Gasteiger charge is 2.20. The molecule has 1 saturated heterocycles. The molecule has 0 unspecified atom stereocenters. The van der Waals surface area contributed by atoms with Crippen molar-refractivity contribution in [2.24, 2.45) is 4.99 Å². The highest BCUT2D eigenvalue weighted by Crippen LogP contribution is 2.21. The Morgan fingerprint density at radius 1 is 1.12 bits per heavy atom. The third kappa shape index (κ3) is 6.60. The number of hydrogen-bond donors (Lipinski definition) is 2. The molecule has 1 aliphatic heterocycles. The lowest BCUT2D eigenvalue weighted by atomic mass is 10.0. The van der Waals surface area contributed by atoms with E-state index < -0.39 is 0 Å². The molecule has 0 radical (unpaired) electrons. The van der Waals surface area contributed by atoms with Crippen LogP contribution in [0.4, 0.5) is 4.39 Å². The average Bonchev–Trinajstić information content (AvgIpc) is 2.79. The second kappa shape index (κ2) is 11.7. The maximum Gasteiger partial charge on any atom is 0.191 e. The number of methoxy groups -OCH3 is 1. The molecule has 0 aliphatic carbocycles. The van der Waals surface area contributed by atoms with Gasteiger partial charge >= 0.3 is 0 Å². The molecule has 3 rings (SSSR count). The van der Waals surface area contributed by atoms with Crippen LogP contribution in [-0.4, -0.2) is 50.8 Å². The van der Waals surface area contributed by atoms with Crippen LogP contribution in [0.25, 0.3) is 0 Å². The Hall–Kier alpha value is -2.80. The summed E-state index contributed by atoms with van der Waals surface area (Å²) < 4.78 is 24.6. The van der Waals surface area contributed by atoms with Gasteiger partial charge in [0.2, 0.25) is 0 Å². The Morgan fingerprint density at radius 3 is 2.47 bits per heavy atom. The quantitative estimate of drug-likeness (QED) is 0.480. The van der Waals surface area contributed by atoms with Crippen LogP contribution in [0.1, 0.15) is 36.5 Å². The first-order valence-corrected chi connectivity index (χ1v) is 11.3. The van der Waals surface area contributed by atoms with E-state index in [1.54, 1.807) is 19.2 Å². The number of halogens is 1. The van der Waals surface area contributed by atoms with E-state index >= 15 is 0 Å². The van der Waals surface area contributed by atoms with Crippen molar-refractivity contribution < 1.29 is 13.9 Å². The van der Waals surface area contributed by atoms with Crippen molar-refractivity contribution in [3.8, 4) is 11.5 Å². The molecule has 2 aromatic rings. The number of rotatable bonds is 8. The van der Waals surface area contributed by atoms with Crippen molar-refractivity contribution >= 4 is 5.96 Å². The third-order valence-corrected chi connectivity index (χ3v) is 5.77.